The van der Waals surface area contributed by atoms with Crippen molar-refractivity contribution in [1.29, 1.82) is 0 Å². The lowest BCUT2D eigenvalue weighted by molar-refractivity contribution is -0.136. The number of nitrogens with zero attached hydrogens (tertiary/aromatic N) is 5. The molecule has 14 nitrogen and oxygen atoms in total. The highest BCUT2D eigenvalue weighted by atomic mass is 32.2. The highest BCUT2D eigenvalue weighted by molar-refractivity contribution is 7.89. The molecule has 294 valence electrons. The number of carbonyl (C=O) groups is 3. The van der Waals surface area contributed by atoms with Crippen LogP contribution >= 0.6 is 0 Å². The third-order valence-electron chi connectivity index (χ3n) is 10.4. The van der Waals surface area contributed by atoms with Crippen LogP contribution in [0.3, 0.4) is 0 Å². The monoisotopic (exact) mass is 779 g/mol. The van der Waals surface area contributed by atoms with E-state index in [-0.39, 0.29) is 23.1 Å². The number of sulfonamides is 1. The minimum absolute atomic E-state index is 0.152. The Labute approximate surface area is 328 Å². The first-order chi connectivity index (χ1) is 26.6. The maximum absolute atomic E-state index is 13.1. The maximum atomic E-state index is 13.1. The van der Waals surface area contributed by atoms with Gasteiger partial charge in [0.25, 0.3) is 5.91 Å². The Bertz CT molecular complexity index is 2250. The molecule has 56 heavy (non-hydrogen) atoms. The zero-order valence-corrected chi connectivity index (χ0v) is 33.2. The predicted octanol–water partition coefficient (Wildman–Crippen LogP) is 5.21. The third kappa shape index (κ3) is 8.85. The molecule has 3 amide bonds. The average Bonchev–Trinajstić information content (AvgIpc) is 3.47. The number of fused-ring (bicyclic) bond motifs is 1. The molecule has 4 aromatic rings. The summed E-state index contributed by atoms with van der Waals surface area (Å²) in [6, 6.07) is 20.6. The molecule has 1 aromatic heterocycles. The van der Waals surface area contributed by atoms with E-state index in [1.54, 1.807) is 56.1 Å². The summed E-state index contributed by atoms with van der Waals surface area (Å²) < 4.78 is 28.5. The summed E-state index contributed by atoms with van der Waals surface area (Å²) in [5.41, 5.74) is 5.46. The molecule has 0 saturated carbocycles. The number of hydrogen-bond donors (Lipinski definition) is 4. The van der Waals surface area contributed by atoms with Crippen molar-refractivity contribution in [3.63, 3.8) is 0 Å². The smallest absolute Gasteiger partial charge is 0.255 e. The zero-order chi connectivity index (χ0) is 39.8. The molecule has 4 heterocycles. The van der Waals surface area contributed by atoms with Gasteiger partial charge in [0.2, 0.25) is 27.8 Å². The highest BCUT2D eigenvalue weighted by Crippen LogP contribution is 2.30. The van der Waals surface area contributed by atoms with Gasteiger partial charge in [-0.1, -0.05) is 18.2 Å². The van der Waals surface area contributed by atoms with Crippen LogP contribution in [0.25, 0.3) is 0 Å². The van der Waals surface area contributed by atoms with Crippen LogP contribution in [0, 0.1) is 6.92 Å². The molecular formula is C41H49N9O5S. The molecule has 0 spiro atoms. The Balaban J connectivity index is 0.913. The molecule has 7 rings (SSSR count). The summed E-state index contributed by atoms with van der Waals surface area (Å²) in [6.07, 6.45) is 4.34. The van der Waals surface area contributed by atoms with Gasteiger partial charge in [-0.2, -0.15) is 4.98 Å². The quantitative estimate of drug-likeness (QED) is 0.148. The van der Waals surface area contributed by atoms with E-state index in [2.05, 4.69) is 65.7 Å². The lowest BCUT2D eigenvalue weighted by Gasteiger charge is -2.38. The van der Waals surface area contributed by atoms with Crippen LogP contribution in [0.2, 0.25) is 0 Å². The molecule has 0 bridgehead atoms. The lowest BCUT2D eigenvalue weighted by atomic mass is 10.0. The number of anilines is 5. The lowest BCUT2D eigenvalue weighted by Crippen LogP contribution is -2.52. The number of nitrogens with one attached hydrogen (secondary N) is 4. The van der Waals surface area contributed by atoms with Crippen LogP contribution in [-0.4, -0.2) is 83.7 Å². The number of piperidine rings is 2. The van der Waals surface area contributed by atoms with Crippen molar-refractivity contribution in [3.05, 3.63) is 95.2 Å². The van der Waals surface area contributed by atoms with Gasteiger partial charge in [0, 0.05) is 78.6 Å². The number of imide groups is 1. The van der Waals surface area contributed by atoms with Gasteiger partial charge in [0.15, 0.2) is 0 Å². The van der Waals surface area contributed by atoms with E-state index in [9.17, 15) is 22.8 Å². The van der Waals surface area contributed by atoms with Crippen molar-refractivity contribution < 1.29 is 22.8 Å². The molecule has 0 aliphatic carbocycles. The van der Waals surface area contributed by atoms with Crippen molar-refractivity contribution in [2.75, 3.05) is 35.7 Å². The Hall–Kier alpha value is -5.38. The van der Waals surface area contributed by atoms with Gasteiger partial charge >= 0.3 is 0 Å². The summed E-state index contributed by atoms with van der Waals surface area (Å²) >= 11 is 0. The molecular weight excluding hydrogens is 731 g/mol. The van der Waals surface area contributed by atoms with Crippen molar-refractivity contribution in [3.8, 4) is 0 Å². The van der Waals surface area contributed by atoms with Crippen molar-refractivity contribution in [1.82, 2.24) is 29.8 Å². The van der Waals surface area contributed by atoms with E-state index in [0.29, 0.717) is 42.0 Å². The molecule has 4 N–H and O–H groups in total. The molecule has 1 unspecified atom stereocenters. The number of aryl methyl sites for hydroxylation is 1. The number of rotatable bonds is 11. The second-order valence-corrected chi connectivity index (χ2v) is 17.6. The van der Waals surface area contributed by atoms with Crippen LogP contribution in [0.4, 0.5) is 28.8 Å². The summed E-state index contributed by atoms with van der Waals surface area (Å²) in [4.78, 5) is 52.8. The molecule has 15 heteroatoms. The van der Waals surface area contributed by atoms with Crippen molar-refractivity contribution in [2.24, 2.45) is 0 Å². The zero-order valence-electron chi connectivity index (χ0n) is 32.4. The molecule has 3 aromatic carbocycles. The Morgan fingerprint density at radius 1 is 0.929 bits per heavy atom. The fraction of sp³-hybridized carbons (Fsp3) is 0.390. The van der Waals surface area contributed by atoms with Gasteiger partial charge < -0.3 is 20.4 Å². The Kier molecular flexibility index (Phi) is 10.9. The van der Waals surface area contributed by atoms with E-state index in [1.165, 1.54) is 0 Å². The Morgan fingerprint density at radius 3 is 2.39 bits per heavy atom. The van der Waals surface area contributed by atoms with Gasteiger partial charge in [-0.05, 0) is 114 Å². The third-order valence-corrected chi connectivity index (χ3v) is 12.2. The molecule has 1 atom stereocenters. The number of amides is 3. The topological polar surface area (TPSA) is 169 Å². The largest absolute Gasteiger partial charge is 0.371 e. The predicted molar refractivity (Wildman–Crippen MR) is 215 cm³/mol. The van der Waals surface area contributed by atoms with E-state index in [0.717, 1.165) is 60.5 Å². The number of hydrogen-bond acceptors (Lipinski definition) is 11. The summed E-state index contributed by atoms with van der Waals surface area (Å²) in [5.74, 6) is 0.139. The highest BCUT2D eigenvalue weighted by Gasteiger charge is 2.39. The molecule has 2 saturated heterocycles. The van der Waals surface area contributed by atoms with Gasteiger partial charge in [-0.25, -0.2) is 18.1 Å². The number of carbonyl (C=O) groups excluding carboxylic acids is 3. The van der Waals surface area contributed by atoms with Crippen LogP contribution in [0.15, 0.2) is 77.8 Å². The van der Waals surface area contributed by atoms with Gasteiger partial charge in [-0.15, -0.1) is 0 Å². The number of aromatic nitrogens is 2. The standard InChI is InChI=1S/C41H49N9O5S/c1-26-23-42-40(46-37(26)43-30-7-6-8-33(22-30)56(54,55)47-41(2,3)4)44-29-10-12-32(13-11-29)49-19-17-31(18-20-49)48(5)24-27-9-14-34-28(21-27)25-50(39(34)53)35-15-16-36(51)45-38(35)52/h6-14,21-23,31,35,47H,15-20,24-25H2,1-5H3,(H,45,51,52)(H2,42,43,44,46). The number of benzene rings is 3. The van der Waals surface area contributed by atoms with Gasteiger partial charge in [0.05, 0.1) is 4.90 Å². The van der Waals surface area contributed by atoms with Gasteiger partial charge in [-0.3, -0.25) is 24.6 Å². The fourth-order valence-electron chi connectivity index (χ4n) is 7.56. The SMILES string of the molecule is Cc1cnc(Nc2ccc(N3CCC(N(C)Cc4ccc5c(c4)CN(C4CCC(=O)NC4=O)C5=O)CC3)cc2)nc1Nc1cccc(S(=O)(=O)NC(C)(C)C)c1. The van der Waals surface area contributed by atoms with Crippen molar-refractivity contribution in [2.45, 2.75) is 89.0 Å². The molecule has 3 aliphatic heterocycles. The maximum Gasteiger partial charge on any atom is 0.255 e. The van der Waals surface area contributed by atoms with Crippen molar-refractivity contribution >= 4 is 56.6 Å². The fourth-order valence-corrected chi connectivity index (χ4v) is 9.03. The molecule has 0 radical (unpaired) electrons. The minimum Gasteiger partial charge on any atom is -0.371 e. The normalized spacial score (nSPS) is 18.0. The first kappa shape index (κ1) is 38.9. The molecule has 3 aliphatic rings. The van der Waals surface area contributed by atoms with E-state index < -0.39 is 27.5 Å². The van der Waals surface area contributed by atoms with Crippen LogP contribution in [0.1, 0.15) is 73.5 Å². The second-order valence-electron chi connectivity index (χ2n) is 15.9. The van der Waals surface area contributed by atoms with E-state index in [1.807, 2.05) is 31.2 Å². The first-order valence-corrected chi connectivity index (χ1v) is 20.4. The summed E-state index contributed by atoms with van der Waals surface area (Å²) in [7, 11) is -1.55. The van der Waals surface area contributed by atoms with E-state index >= 15 is 0 Å². The summed E-state index contributed by atoms with van der Waals surface area (Å²) in [5, 5.41) is 8.90. The summed E-state index contributed by atoms with van der Waals surface area (Å²) in [6.45, 7) is 10.3. The van der Waals surface area contributed by atoms with Crippen LogP contribution in [-0.2, 0) is 32.7 Å². The van der Waals surface area contributed by atoms with Crippen LogP contribution in [0.5, 0.6) is 0 Å². The second kappa shape index (κ2) is 15.6. The first-order valence-electron chi connectivity index (χ1n) is 19.0. The average molecular weight is 780 g/mol. The van der Waals surface area contributed by atoms with Crippen LogP contribution < -0.4 is 25.6 Å². The molecule has 2 fully saturated rings. The van der Waals surface area contributed by atoms with E-state index in [4.69, 9.17) is 0 Å². The minimum atomic E-state index is -3.70. The van der Waals surface area contributed by atoms with Gasteiger partial charge in [0.1, 0.15) is 11.9 Å². The Morgan fingerprint density at radius 2 is 1.68 bits per heavy atom.